The molecule has 156 valence electrons. The van der Waals surface area contributed by atoms with Crippen LogP contribution in [0.2, 0.25) is 0 Å². The number of likely N-dealkylation sites (tertiary alicyclic amines) is 1. The summed E-state index contributed by atoms with van der Waals surface area (Å²) < 4.78 is 13.0. The lowest BCUT2D eigenvalue weighted by Gasteiger charge is -2.30. The Morgan fingerprint density at radius 3 is 2.83 bits per heavy atom. The standard InChI is InChI=1S/C21H29N5O3/c1-24-12-18(22-14-24)16-10-25(11-17(16)21(27)26-6-8-28-9-7-26)13-19-15-4-2-3-5-20(15)29-23-19/h12,14,16-17H,2-11,13H2,1H3/t16-,17-/m1/s1. The molecule has 0 N–H and O–H groups in total. The van der Waals surface area contributed by atoms with Crippen molar-refractivity contribution in [2.75, 3.05) is 39.4 Å². The molecule has 4 heterocycles. The van der Waals surface area contributed by atoms with E-state index in [1.54, 1.807) is 0 Å². The molecule has 0 spiro atoms. The molecular weight excluding hydrogens is 370 g/mol. The summed E-state index contributed by atoms with van der Waals surface area (Å²) in [6.45, 7) is 4.92. The molecule has 5 rings (SSSR count). The number of hydrogen-bond acceptors (Lipinski definition) is 6. The van der Waals surface area contributed by atoms with Crippen molar-refractivity contribution in [3.63, 3.8) is 0 Å². The Morgan fingerprint density at radius 1 is 1.21 bits per heavy atom. The van der Waals surface area contributed by atoms with Gasteiger partial charge in [0.2, 0.25) is 5.91 Å². The molecule has 8 nitrogen and oxygen atoms in total. The third kappa shape index (κ3) is 3.71. The Labute approximate surface area is 170 Å². The van der Waals surface area contributed by atoms with E-state index in [1.807, 2.05) is 29.0 Å². The molecule has 2 fully saturated rings. The number of carbonyl (C=O) groups is 1. The SMILES string of the molecule is Cn1cnc([C@@H]2CN(Cc3noc4c3CCCC4)C[C@H]2C(=O)N2CCOCC2)c1. The van der Waals surface area contributed by atoms with Crippen molar-refractivity contribution in [1.29, 1.82) is 0 Å². The second-order valence-electron chi connectivity index (χ2n) is 8.55. The molecule has 0 unspecified atom stereocenters. The van der Waals surface area contributed by atoms with Crippen LogP contribution in [0.1, 0.15) is 41.5 Å². The number of morpholine rings is 1. The van der Waals surface area contributed by atoms with E-state index in [9.17, 15) is 4.79 Å². The fourth-order valence-electron chi connectivity index (χ4n) is 4.99. The van der Waals surface area contributed by atoms with Crippen LogP contribution in [0, 0.1) is 5.92 Å². The van der Waals surface area contributed by atoms with Gasteiger partial charge >= 0.3 is 0 Å². The molecule has 0 radical (unpaired) electrons. The van der Waals surface area contributed by atoms with Gasteiger partial charge in [0.25, 0.3) is 0 Å². The van der Waals surface area contributed by atoms with Gasteiger partial charge in [0.15, 0.2) is 0 Å². The molecule has 0 bridgehead atoms. The fourth-order valence-corrected chi connectivity index (χ4v) is 4.99. The number of nitrogens with zero attached hydrogens (tertiary/aromatic N) is 5. The summed E-state index contributed by atoms with van der Waals surface area (Å²) in [5, 5.41) is 4.37. The second-order valence-corrected chi connectivity index (χ2v) is 8.55. The minimum absolute atomic E-state index is 0.0780. The van der Waals surface area contributed by atoms with Crippen LogP contribution >= 0.6 is 0 Å². The van der Waals surface area contributed by atoms with E-state index in [0.717, 1.165) is 49.6 Å². The molecular formula is C21H29N5O3. The van der Waals surface area contributed by atoms with Gasteiger partial charge in [-0.15, -0.1) is 0 Å². The van der Waals surface area contributed by atoms with Gasteiger partial charge in [0, 0.05) is 63.9 Å². The highest BCUT2D eigenvalue weighted by atomic mass is 16.5. The van der Waals surface area contributed by atoms with Gasteiger partial charge in [-0.25, -0.2) is 4.98 Å². The van der Waals surface area contributed by atoms with Crippen LogP contribution in [0.15, 0.2) is 17.0 Å². The number of carbonyl (C=O) groups excluding carboxylic acids is 1. The highest BCUT2D eigenvalue weighted by molar-refractivity contribution is 5.80. The average Bonchev–Trinajstić information content (AvgIpc) is 3.47. The summed E-state index contributed by atoms with van der Waals surface area (Å²) in [5.74, 6) is 1.32. The van der Waals surface area contributed by atoms with Crippen molar-refractivity contribution in [2.45, 2.75) is 38.1 Å². The molecule has 8 heteroatoms. The summed E-state index contributed by atoms with van der Waals surface area (Å²) in [7, 11) is 1.98. The van der Waals surface area contributed by atoms with Crippen molar-refractivity contribution in [1.82, 2.24) is 24.5 Å². The lowest BCUT2D eigenvalue weighted by Crippen LogP contribution is -2.45. The number of fused-ring (bicyclic) bond motifs is 1. The van der Waals surface area contributed by atoms with Gasteiger partial charge in [-0.2, -0.15) is 0 Å². The normalized spacial score (nSPS) is 25.3. The Kier molecular flexibility index (Phi) is 5.13. The molecule has 2 aliphatic heterocycles. The summed E-state index contributed by atoms with van der Waals surface area (Å²) in [6.07, 6.45) is 8.31. The van der Waals surface area contributed by atoms with Crippen molar-refractivity contribution in [3.8, 4) is 0 Å². The van der Waals surface area contributed by atoms with Gasteiger partial charge in [-0.1, -0.05) is 5.16 Å². The topological polar surface area (TPSA) is 76.6 Å². The van der Waals surface area contributed by atoms with E-state index < -0.39 is 0 Å². The number of aryl methyl sites for hydroxylation is 2. The number of ether oxygens (including phenoxy) is 1. The predicted octanol–water partition coefficient (Wildman–Crippen LogP) is 1.36. The van der Waals surface area contributed by atoms with Gasteiger partial charge in [0.1, 0.15) is 11.5 Å². The number of hydrogen-bond donors (Lipinski definition) is 0. The molecule has 2 aromatic heterocycles. The van der Waals surface area contributed by atoms with E-state index in [-0.39, 0.29) is 17.7 Å². The van der Waals surface area contributed by atoms with E-state index >= 15 is 0 Å². The number of imidazole rings is 1. The minimum Gasteiger partial charge on any atom is -0.378 e. The second kappa shape index (κ2) is 7.91. The van der Waals surface area contributed by atoms with Crippen molar-refractivity contribution in [2.24, 2.45) is 13.0 Å². The average molecular weight is 399 g/mol. The predicted molar refractivity (Wildman–Crippen MR) is 105 cm³/mol. The zero-order valence-electron chi connectivity index (χ0n) is 17.0. The van der Waals surface area contributed by atoms with Crippen LogP contribution in [-0.2, 0) is 36.0 Å². The first-order valence-corrected chi connectivity index (χ1v) is 10.7. The molecule has 0 aromatic carbocycles. The molecule has 2 aromatic rings. The lowest BCUT2D eigenvalue weighted by atomic mass is 9.92. The van der Waals surface area contributed by atoms with Crippen molar-refractivity contribution < 1.29 is 14.1 Å². The number of rotatable bonds is 4. The Morgan fingerprint density at radius 2 is 2.03 bits per heavy atom. The minimum atomic E-state index is -0.0780. The first-order valence-electron chi connectivity index (χ1n) is 10.7. The molecule has 2 saturated heterocycles. The Balaban J connectivity index is 1.36. The van der Waals surface area contributed by atoms with Crippen LogP contribution < -0.4 is 0 Å². The first kappa shape index (κ1) is 18.8. The summed E-state index contributed by atoms with van der Waals surface area (Å²) in [6, 6.07) is 0. The Hall–Kier alpha value is -2.19. The zero-order valence-corrected chi connectivity index (χ0v) is 17.0. The summed E-state index contributed by atoms with van der Waals surface area (Å²) >= 11 is 0. The molecule has 0 saturated carbocycles. The summed E-state index contributed by atoms with van der Waals surface area (Å²) in [4.78, 5) is 22.3. The zero-order chi connectivity index (χ0) is 19.8. The maximum Gasteiger partial charge on any atom is 0.227 e. The van der Waals surface area contributed by atoms with E-state index in [4.69, 9.17) is 9.26 Å². The van der Waals surface area contributed by atoms with Crippen LogP contribution in [-0.4, -0.2) is 69.8 Å². The lowest BCUT2D eigenvalue weighted by molar-refractivity contribution is -0.139. The molecule has 3 aliphatic rings. The van der Waals surface area contributed by atoms with Crippen LogP contribution in [0.4, 0.5) is 0 Å². The van der Waals surface area contributed by atoms with Crippen LogP contribution in [0.5, 0.6) is 0 Å². The maximum atomic E-state index is 13.3. The fraction of sp³-hybridized carbons (Fsp3) is 0.667. The summed E-state index contributed by atoms with van der Waals surface area (Å²) in [5.41, 5.74) is 3.36. The maximum absolute atomic E-state index is 13.3. The third-order valence-corrected chi connectivity index (χ3v) is 6.55. The van der Waals surface area contributed by atoms with E-state index in [2.05, 4.69) is 15.0 Å². The first-order chi connectivity index (χ1) is 14.2. The molecule has 1 amide bonds. The number of aromatic nitrogens is 3. The van der Waals surface area contributed by atoms with Crippen LogP contribution in [0.25, 0.3) is 0 Å². The largest absolute Gasteiger partial charge is 0.378 e. The highest BCUT2D eigenvalue weighted by Crippen LogP contribution is 2.35. The van der Waals surface area contributed by atoms with E-state index in [0.29, 0.717) is 26.3 Å². The van der Waals surface area contributed by atoms with Crippen molar-refractivity contribution >= 4 is 5.91 Å². The van der Waals surface area contributed by atoms with Gasteiger partial charge < -0.3 is 18.7 Å². The monoisotopic (exact) mass is 399 g/mol. The quantitative estimate of drug-likeness (QED) is 0.773. The van der Waals surface area contributed by atoms with Gasteiger partial charge in [0.05, 0.1) is 31.2 Å². The Bertz CT molecular complexity index is 870. The highest BCUT2D eigenvalue weighted by Gasteiger charge is 2.42. The van der Waals surface area contributed by atoms with E-state index in [1.165, 1.54) is 18.4 Å². The molecule has 2 atom stereocenters. The molecule has 29 heavy (non-hydrogen) atoms. The smallest absolute Gasteiger partial charge is 0.227 e. The van der Waals surface area contributed by atoms with Crippen molar-refractivity contribution in [3.05, 3.63) is 35.2 Å². The third-order valence-electron chi connectivity index (χ3n) is 6.55. The van der Waals surface area contributed by atoms with Gasteiger partial charge in [-0.3, -0.25) is 9.69 Å². The van der Waals surface area contributed by atoms with Gasteiger partial charge in [-0.05, 0) is 19.3 Å². The van der Waals surface area contributed by atoms with Crippen LogP contribution in [0.3, 0.4) is 0 Å². The molecule has 1 aliphatic carbocycles. The number of amides is 1.